The molecule has 9 heteroatoms. The molecule has 0 bridgehead atoms. The molecule has 4 rings (SSSR count). The van der Waals surface area contributed by atoms with Crippen molar-refractivity contribution in [2.45, 2.75) is 32.0 Å². The van der Waals surface area contributed by atoms with Gasteiger partial charge in [-0.2, -0.15) is 13.8 Å². The normalized spacial score (nSPS) is 16.6. The fourth-order valence-corrected chi connectivity index (χ4v) is 3.92. The van der Waals surface area contributed by atoms with Gasteiger partial charge in [-0.1, -0.05) is 17.3 Å². The maximum absolute atomic E-state index is 12.7. The summed E-state index contributed by atoms with van der Waals surface area (Å²) in [6.07, 6.45) is 1.96. The number of alkyl halides is 2. The number of hydrogen-bond acceptors (Lipinski definition) is 7. The molecule has 1 fully saturated rings. The molecule has 0 N–H and O–H groups in total. The average Bonchev–Trinajstić information content (AvgIpc) is 3.43. The first-order chi connectivity index (χ1) is 15.1. The Balaban J connectivity index is 1.55. The van der Waals surface area contributed by atoms with Crippen molar-refractivity contribution in [2.24, 2.45) is 0 Å². The minimum Gasteiger partial charge on any atom is -0.497 e. The van der Waals surface area contributed by atoms with Crippen LogP contribution in [0.2, 0.25) is 0 Å². The first-order valence-electron chi connectivity index (χ1n) is 9.92. The van der Waals surface area contributed by atoms with E-state index in [1.54, 1.807) is 32.4 Å². The molecule has 7 nitrogen and oxygen atoms in total. The van der Waals surface area contributed by atoms with Crippen molar-refractivity contribution in [3.8, 4) is 28.6 Å². The largest absolute Gasteiger partial charge is 0.497 e. The molecule has 0 spiro atoms. The van der Waals surface area contributed by atoms with Crippen LogP contribution in [0.15, 0.2) is 47.0 Å². The molecule has 0 radical (unpaired) electrons. The molecule has 31 heavy (non-hydrogen) atoms. The van der Waals surface area contributed by atoms with Crippen molar-refractivity contribution in [1.29, 1.82) is 0 Å². The van der Waals surface area contributed by atoms with Crippen LogP contribution in [0, 0.1) is 0 Å². The third-order valence-electron chi connectivity index (χ3n) is 5.31. The summed E-state index contributed by atoms with van der Waals surface area (Å²) in [4.78, 5) is 6.65. The summed E-state index contributed by atoms with van der Waals surface area (Å²) in [5.74, 6) is 2.17. The minimum absolute atomic E-state index is 0.00464. The quantitative estimate of drug-likeness (QED) is 0.512. The Hall–Kier alpha value is -3.20. The molecule has 0 aliphatic carbocycles. The van der Waals surface area contributed by atoms with E-state index in [9.17, 15) is 8.78 Å². The van der Waals surface area contributed by atoms with Gasteiger partial charge in [0.1, 0.15) is 17.2 Å². The lowest BCUT2D eigenvalue weighted by atomic mass is 10.0. The van der Waals surface area contributed by atoms with Gasteiger partial charge in [0.25, 0.3) is 0 Å². The maximum atomic E-state index is 12.7. The van der Waals surface area contributed by atoms with E-state index in [1.807, 2.05) is 18.2 Å². The molecule has 0 saturated carbocycles. The Labute approximate surface area is 178 Å². The molecule has 164 valence electrons. The second-order valence-corrected chi connectivity index (χ2v) is 7.12. The van der Waals surface area contributed by atoms with Gasteiger partial charge < -0.3 is 18.7 Å². The summed E-state index contributed by atoms with van der Waals surface area (Å²) >= 11 is 0. The molecule has 1 aliphatic rings. The van der Waals surface area contributed by atoms with Crippen molar-refractivity contribution >= 4 is 0 Å². The summed E-state index contributed by atoms with van der Waals surface area (Å²) in [7, 11) is 3.28. The first-order valence-corrected chi connectivity index (χ1v) is 9.92. The van der Waals surface area contributed by atoms with Crippen LogP contribution in [-0.2, 0) is 6.54 Å². The second kappa shape index (κ2) is 9.30. The van der Waals surface area contributed by atoms with Gasteiger partial charge in [0, 0.05) is 11.6 Å². The standard InChI is InChI=1S/C22H23F2N3O4/c1-28-14-9-10-18(29-2)16(12-14)17-7-5-11-27(17)13-20-25-21(26-31-20)15-6-3-4-8-19(15)30-22(23)24/h3-4,6,8-10,12,17,22H,5,7,11,13H2,1-2H3. The van der Waals surface area contributed by atoms with Crippen LogP contribution in [0.4, 0.5) is 8.78 Å². The molecule has 1 aromatic heterocycles. The predicted molar refractivity (Wildman–Crippen MR) is 108 cm³/mol. The number of rotatable bonds is 8. The zero-order valence-electron chi connectivity index (χ0n) is 17.3. The van der Waals surface area contributed by atoms with Gasteiger partial charge in [0.05, 0.1) is 26.3 Å². The van der Waals surface area contributed by atoms with Gasteiger partial charge in [-0.3, -0.25) is 4.90 Å². The van der Waals surface area contributed by atoms with E-state index in [0.717, 1.165) is 36.4 Å². The zero-order chi connectivity index (χ0) is 21.8. The Morgan fingerprint density at radius 2 is 1.97 bits per heavy atom. The van der Waals surface area contributed by atoms with Crippen LogP contribution in [0.3, 0.4) is 0 Å². The van der Waals surface area contributed by atoms with Crippen molar-refractivity contribution in [3.63, 3.8) is 0 Å². The molecule has 2 aromatic carbocycles. The zero-order valence-corrected chi connectivity index (χ0v) is 17.3. The SMILES string of the molecule is COc1ccc(OC)c(C2CCCN2Cc2nc(-c3ccccc3OC(F)F)no2)c1. The predicted octanol–water partition coefficient (Wildman–Crippen LogP) is 4.69. The number of methoxy groups -OCH3 is 2. The van der Waals surface area contributed by atoms with Gasteiger partial charge >= 0.3 is 6.61 Å². The molecular weight excluding hydrogens is 408 g/mol. The van der Waals surface area contributed by atoms with Gasteiger partial charge in [-0.05, 0) is 49.7 Å². The highest BCUT2D eigenvalue weighted by atomic mass is 19.3. The first kappa shape index (κ1) is 21.0. The maximum Gasteiger partial charge on any atom is 0.387 e. The molecule has 1 aliphatic heterocycles. The van der Waals surface area contributed by atoms with Crippen molar-refractivity contribution < 1.29 is 27.5 Å². The third-order valence-corrected chi connectivity index (χ3v) is 5.31. The van der Waals surface area contributed by atoms with Crippen molar-refractivity contribution in [2.75, 3.05) is 20.8 Å². The summed E-state index contributed by atoms with van der Waals surface area (Å²) in [5.41, 5.74) is 1.39. The van der Waals surface area contributed by atoms with Crippen molar-refractivity contribution in [3.05, 3.63) is 53.9 Å². The number of halogens is 2. The van der Waals surface area contributed by atoms with Gasteiger partial charge in [-0.25, -0.2) is 0 Å². The van der Waals surface area contributed by atoms with E-state index in [0.29, 0.717) is 18.0 Å². The fourth-order valence-electron chi connectivity index (χ4n) is 3.92. The second-order valence-electron chi connectivity index (χ2n) is 7.12. The highest BCUT2D eigenvalue weighted by Gasteiger charge is 2.30. The van der Waals surface area contributed by atoms with Crippen LogP contribution in [0.1, 0.15) is 30.3 Å². The lowest BCUT2D eigenvalue weighted by Gasteiger charge is -2.25. The Morgan fingerprint density at radius 3 is 2.74 bits per heavy atom. The number of aromatic nitrogens is 2. The van der Waals surface area contributed by atoms with E-state index in [4.69, 9.17) is 14.0 Å². The highest BCUT2D eigenvalue weighted by molar-refractivity contribution is 5.63. The number of likely N-dealkylation sites (tertiary alicyclic amines) is 1. The van der Waals surface area contributed by atoms with Gasteiger partial charge in [-0.15, -0.1) is 0 Å². The van der Waals surface area contributed by atoms with Crippen LogP contribution >= 0.6 is 0 Å². The number of ether oxygens (including phenoxy) is 3. The van der Waals surface area contributed by atoms with Gasteiger partial charge in [0.15, 0.2) is 0 Å². The smallest absolute Gasteiger partial charge is 0.387 e. The summed E-state index contributed by atoms with van der Waals surface area (Å²) in [5, 5.41) is 3.97. The minimum atomic E-state index is -2.93. The Bertz CT molecular complexity index is 1030. The van der Waals surface area contributed by atoms with Crippen LogP contribution in [0.5, 0.6) is 17.2 Å². The van der Waals surface area contributed by atoms with Crippen LogP contribution < -0.4 is 14.2 Å². The topological polar surface area (TPSA) is 69.9 Å². The van der Waals surface area contributed by atoms with E-state index in [2.05, 4.69) is 19.8 Å². The molecule has 0 amide bonds. The summed E-state index contributed by atoms with van der Waals surface area (Å²) in [6, 6.07) is 12.2. The monoisotopic (exact) mass is 431 g/mol. The lowest BCUT2D eigenvalue weighted by molar-refractivity contribution is -0.0494. The Kier molecular flexibility index (Phi) is 6.31. The highest BCUT2D eigenvalue weighted by Crippen LogP contribution is 2.39. The van der Waals surface area contributed by atoms with Crippen LogP contribution in [-0.4, -0.2) is 42.4 Å². The van der Waals surface area contributed by atoms with Gasteiger partial charge in [0.2, 0.25) is 11.7 Å². The molecule has 1 atom stereocenters. The summed E-state index contributed by atoms with van der Waals surface area (Å²) in [6.45, 7) is -1.65. The van der Waals surface area contributed by atoms with E-state index >= 15 is 0 Å². The molecular formula is C22H23F2N3O4. The average molecular weight is 431 g/mol. The molecule has 3 aromatic rings. The van der Waals surface area contributed by atoms with Crippen LogP contribution in [0.25, 0.3) is 11.4 Å². The molecule has 2 heterocycles. The third kappa shape index (κ3) is 4.61. The number of benzene rings is 2. The van der Waals surface area contributed by atoms with E-state index in [1.165, 1.54) is 6.07 Å². The lowest BCUT2D eigenvalue weighted by Crippen LogP contribution is -2.23. The summed E-state index contributed by atoms with van der Waals surface area (Å²) < 4.78 is 46.3. The molecule has 1 saturated heterocycles. The number of para-hydroxylation sites is 1. The van der Waals surface area contributed by atoms with Crippen molar-refractivity contribution in [1.82, 2.24) is 15.0 Å². The van der Waals surface area contributed by atoms with E-state index in [-0.39, 0.29) is 17.6 Å². The number of nitrogens with zero attached hydrogens (tertiary/aromatic N) is 3. The number of hydrogen-bond donors (Lipinski definition) is 0. The Morgan fingerprint density at radius 1 is 1.13 bits per heavy atom. The molecule has 1 unspecified atom stereocenters. The fraction of sp³-hybridized carbons (Fsp3) is 0.364. The van der Waals surface area contributed by atoms with E-state index < -0.39 is 6.61 Å².